The minimum atomic E-state index is 0.0774. The summed E-state index contributed by atoms with van der Waals surface area (Å²) in [5.74, 6) is 3.40. The lowest BCUT2D eigenvalue weighted by Crippen LogP contribution is -2.36. The first-order valence-corrected chi connectivity index (χ1v) is 11.6. The van der Waals surface area contributed by atoms with Gasteiger partial charge in [-0.05, 0) is 32.1 Å². The summed E-state index contributed by atoms with van der Waals surface area (Å²) >= 11 is 0. The number of hydrogen-bond donors (Lipinski definition) is 1. The van der Waals surface area contributed by atoms with E-state index >= 15 is 0 Å². The summed E-state index contributed by atoms with van der Waals surface area (Å²) in [6, 6.07) is 0. The molecule has 1 unspecified atom stereocenters. The summed E-state index contributed by atoms with van der Waals surface area (Å²) in [7, 11) is 0. The molecular formula is C23H33N5O. The van der Waals surface area contributed by atoms with Crippen LogP contribution in [0.25, 0.3) is 0 Å². The SMILES string of the molecule is O=C(NCCc1cn2c(n1)CCCC2)C1CCn2c(cnc2C2CCCCC2)C1. The summed E-state index contributed by atoms with van der Waals surface area (Å²) < 4.78 is 4.70. The molecule has 0 aromatic carbocycles. The van der Waals surface area contributed by atoms with Crippen molar-refractivity contribution < 1.29 is 4.79 Å². The highest BCUT2D eigenvalue weighted by Crippen LogP contribution is 2.34. The summed E-state index contributed by atoms with van der Waals surface area (Å²) in [5.41, 5.74) is 2.36. The van der Waals surface area contributed by atoms with Gasteiger partial charge >= 0.3 is 0 Å². The number of rotatable bonds is 5. The maximum absolute atomic E-state index is 12.7. The van der Waals surface area contributed by atoms with E-state index in [1.165, 1.54) is 62.3 Å². The number of nitrogens with zero attached hydrogens (tertiary/aromatic N) is 4. The van der Waals surface area contributed by atoms with Crippen LogP contribution in [0, 0.1) is 5.92 Å². The van der Waals surface area contributed by atoms with E-state index < -0.39 is 0 Å². The first-order chi connectivity index (χ1) is 14.3. The van der Waals surface area contributed by atoms with E-state index in [9.17, 15) is 4.79 Å². The predicted molar refractivity (Wildman–Crippen MR) is 112 cm³/mol. The van der Waals surface area contributed by atoms with Crippen molar-refractivity contribution in [1.82, 2.24) is 24.4 Å². The third-order valence-corrected chi connectivity index (χ3v) is 7.11. The molecule has 0 bridgehead atoms. The Hall–Kier alpha value is -2.11. The summed E-state index contributed by atoms with van der Waals surface area (Å²) in [5, 5.41) is 3.16. The van der Waals surface area contributed by atoms with Crippen LogP contribution in [-0.4, -0.2) is 31.6 Å². The number of carbonyl (C=O) groups excluding carboxylic acids is 1. The average Bonchev–Trinajstić information content (AvgIpc) is 3.37. The van der Waals surface area contributed by atoms with Crippen molar-refractivity contribution in [3.63, 3.8) is 0 Å². The second kappa shape index (κ2) is 8.33. The molecule has 1 fully saturated rings. The lowest BCUT2D eigenvalue weighted by Gasteiger charge is -2.27. The number of aromatic nitrogens is 4. The van der Waals surface area contributed by atoms with Crippen molar-refractivity contribution in [2.24, 2.45) is 5.92 Å². The molecule has 1 N–H and O–H groups in total. The first kappa shape index (κ1) is 18.9. The van der Waals surface area contributed by atoms with Crippen LogP contribution in [0.15, 0.2) is 12.4 Å². The molecule has 2 aliphatic heterocycles. The van der Waals surface area contributed by atoms with Gasteiger partial charge in [-0.3, -0.25) is 4.79 Å². The smallest absolute Gasteiger partial charge is 0.223 e. The van der Waals surface area contributed by atoms with E-state index in [2.05, 4.69) is 20.6 Å². The molecule has 1 atom stereocenters. The third kappa shape index (κ3) is 3.99. The fourth-order valence-corrected chi connectivity index (χ4v) is 5.45. The van der Waals surface area contributed by atoms with Crippen LogP contribution < -0.4 is 5.32 Å². The second-order valence-electron chi connectivity index (χ2n) is 9.12. The van der Waals surface area contributed by atoms with Crippen LogP contribution >= 0.6 is 0 Å². The predicted octanol–water partition coefficient (Wildman–Crippen LogP) is 3.38. The summed E-state index contributed by atoms with van der Waals surface area (Å²) in [6.45, 7) is 2.71. The van der Waals surface area contributed by atoms with Crippen molar-refractivity contribution in [3.8, 4) is 0 Å². The van der Waals surface area contributed by atoms with Gasteiger partial charge in [0.1, 0.15) is 11.6 Å². The van der Waals surface area contributed by atoms with E-state index in [0.717, 1.165) is 44.5 Å². The zero-order valence-corrected chi connectivity index (χ0v) is 17.4. The molecule has 0 radical (unpaired) electrons. The lowest BCUT2D eigenvalue weighted by atomic mass is 9.88. The van der Waals surface area contributed by atoms with Crippen LogP contribution in [0.5, 0.6) is 0 Å². The molecule has 6 nitrogen and oxygen atoms in total. The largest absolute Gasteiger partial charge is 0.355 e. The molecule has 1 saturated carbocycles. The molecule has 3 aliphatic rings. The highest BCUT2D eigenvalue weighted by atomic mass is 16.1. The minimum absolute atomic E-state index is 0.0774. The first-order valence-electron chi connectivity index (χ1n) is 11.6. The van der Waals surface area contributed by atoms with Crippen molar-refractivity contribution >= 4 is 5.91 Å². The highest BCUT2D eigenvalue weighted by Gasteiger charge is 2.29. The topological polar surface area (TPSA) is 64.7 Å². The van der Waals surface area contributed by atoms with Crippen LogP contribution in [0.4, 0.5) is 0 Å². The highest BCUT2D eigenvalue weighted by molar-refractivity contribution is 5.79. The van der Waals surface area contributed by atoms with Gasteiger partial charge in [-0.2, -0.15) is 0 Å². The maximum atomic E-state index is 12.7. The van der Waals surface area contributed by atoms with E-state index in [1.54, 1.807) is 0 Å². The maximum Gasteiger partial charge on any atom is 0.223 e. The van der Waals surface area contributed by atoms with Crippen LogP contribution in [0.1, 0.15) is 80.3 Å². The van der Waals surface area contributed by atoms with E-state index in [1.807, 2.05) is 6.20 Å². The van der Waals surface area contributed by atoms with Gasteiger partial charge in [-0.1, -0.05) is 19.3 Å². The third-order valence-electron chi connectivity index (χ3n) is 7.11. The van der Waals surface area contributed by atoms with E-state index in [4.69, 9.17) is 9.97 Å². The molecule has 5 rings (SSSR count). The number of carbonyl (C=O) groups is 1. The van der Waals surface area contributed by atoms with Gasteiger partial charge in [0.2, 0.25) is 5.91 Å². The van der Waals surface area contributed by atoms with Crippen molar-refractivity contribution in [3.05, 3.63) is 35.4 Å². The average molecular weight is 396 g/mol. The fraction of sp³-hybridized carbons (Fsp3) is 0.696. The van der Waals surface area contributed by atoms with Gasteiger partial charge in [0.25, 0.3) is 0 Å². The Morgan fingerprint density at radius 3 is 2.86 bits per heavy atom. The number of amides is 1. The standard InChI is InChI=1S/C23H33N5O/c29-23(24-11-9-19-16-27-12-5-4-8-21(27)26-19)18-10-13-28-20(14-18)15-25-22(28)17-6-2-1-3-7-17/h15-18H,1-14H2,(H,24,29). The Morgan fingerprint density at radius 1 is 1.10 bits per heavy atom. The number of nitrogens with one attached hydrogen (secondary N) is 1. The summed E-state index contributed by atoms with van der Waals surface area (Å²) in [6.07, 6.45) is 16.9. The van der Waals surface area contributed by atoms with Gasteiger partial charge in [0.05, 0.1) is 5.69 Å². The second-order valence-corrected chi connectivity index (χ2v) is 9.12. The van der Waals surface area contributed by atoms with Crippen LogP contribution in [0.2, 0.25) is 0 Å². The number of aryl methyl sites for hydroxylation is 2. The molecule has 1 aliphatic carbocycles. The molecular weight excluding hydrogens is 362 g/mol. The Kier molecular flexibility index (Phi) is 5.42. The fourth-order valence-electron chi connectivity index (χ4n) is 5.45. The zero-order chi connectivity index (χ0) is 19.6. The monoisotopic (exact) mass is 395 g/mol. The molecule has 2 aromatic heterocycles. The van der Waals surface area contributed by atoms with Crippen molar-refractivity contribution in [2.75, 3.05) is 6.54 Å². The van der Waals surface area contributed by atoms with Crippen LogP contribution in [0.3, 0.4) is 0 Å². The Morgan fingerprint density at radius 2 is 2.00 bits per heavy atom. The molecule has 0 saturated heterocycles. The van der Waals surface area contributed by atoms with Gasteiger partial charge in [-0.15, -0.1) is 0 Å². The normalized spacial score (nSPS) is 22.1. The van der Waals surface area contributed by atoms with Crippen molar-refractivity contribution in [2.45, 2.75) is 89.6 Å². The Labute approximate surface area is 173 Å². The van der Waals surface area contributed by atoms with Crippen molar-refractivity contribution in [1.29, 1.82) is 0 Å². The minimum Gasteiger partial charge on any atom is -0.355 e. The summed E-state index contributed by atoms with van der Waals surface area (Å²) in [4.78, 5) is 22.2. The number of fused-ring (bicyclic) bond motifs is 2. The number of hydrogen-bond acceptors (Lipinski definition) is 3. The molecule has 156 valence electrons. The molecule has 4 heterocycles. The Balaban J connectivity index is 1.14. The quantitative estimate of drug-likeness (QED) is 0.844. The zero-order valence-electron chi connectivity index (χ0n) is 17.4. The van der Waals surface area contributed by atoms with Gasteiger partial charge in [-0.25, -0.2) is 9.97 Å². The van der Waals surface area contributed by atoms with E-state index in [-0.39, 0.29) is 11.8 Å². The van der Waals surface area contributed by atoms with Gasteiger partial charge in [0.15, 0.2) is 0 Å². The number of imidazole rings is 2. The van der Waals surface area contributed by atoms with Gasteiger partial charge < -0.3 is 14.5 Å². The molecule has 1 amide bonds. The lowest BCUT2D eigenvalue weighted by molar-refractivity contribution is -0.125. The van der Waals surface area contributed by atoms with Gasteiger partial charge in [0, 0.05) is 68.8 Å². The Bertz CT molecular complexity index is 837. The molecule has 0 spiro atoms. The molecule has 2 aromatic rings. The molecule has 6 heteroatoms. The molecule has 29 heavy (non-hydrogen) atoms. The van der Waals surface area contributed by atoms with Crippen LogP contribution in [-0.2, 0) is 37.1 Å². The van der Waals surface area contributed by atoms with E-state index in [0.29, 0.717) is 12.5 Å².